The smallest absolute Gasteiger partial charge is 0.339 e. The molecule has 1 N–H and O–H groups in total. The van der Waals surface area contributed by atoms with Crippen molar-refractivity contribution in [3.8, 4) is 0 Å². The Morgan fingerprint density at radius 3 is 2.55 bits per heavy atom. The van der Waals surface area contributed by atoms with Gasteiger partial charge in [-0.05, 0) is 43.2 Å². The molecule has 0 bridgehead atoms. The molecule has 0 fully saturated rings. The molecule has 0 aliphatic heterocycles. The van der Waals surface area contributed by atoms with E-state index in [0.717, 1.165) is 16.7 Å². The predicted molar refractivity (Wildman–Crippen MR) is 111 cm³/mol. The van der Waals surface area contributed by atoms with E-state index < -0.39 is 11.9 Å². The molecule has 3 rings (SSSR count). The number of ether oxygens (including phenoxy) is 1. The van der Waals surface area contributed by atoms with E-state index >= 15 is 0 Å². The number of hydrogen-bond acceptors (Lipinski definition) is 4. The summed E-state index contributed by atoms with van der Waals surface area (Å²) in [5, 5.41) is 2.72. The van der Waals surface area contributed by atoms with Crippen LogP contribution in [0.5, 0.6) is 0 Å². The summed E-state index contributed by atoms with van der Waals surface area (Å²) in [4.78, 5) is 36.9. The molecule has 1 heterocycles. The molecule has 0 spiro atoms. The van der Waals surface area contributed by atoms with Crippen LogP contribution in [0.3, 0.4) is 0 Å². The Morgan fingerprint density at radius 2 is 1.79 bits per heavy atom. The number of nitrogens with zero attached hydrogens (tertiary/aromatic N) is 1. The van der Waals surface area contributed by atoms with E-state index in [1.54, 1.807) is 24.3 Å². The molecular formula is C23H22N2O4. The fourth-order valence-corrected chi connectivity index (χ4v) is 3.02. The first-order valence-corrected chi connectivity index (χ1v) is 9.14. The van der Waals surface area contributed by atoms with Crippen LogP contribution in [0.4, 0.5) is 5.69 Å². The zero-order valence-corrected chi connectivity index (χ0v) is 16.6. The zero-order valence-electron chi connectivity index (χ0n) is 16.6. The first-order valence-electron chi connectivity index (χ1n) is 9.14. The van der Waals surface area contributed by atoms with Gasteiger partial charge >= 0.3 is 5.97 Å². The van der Waals surface area contributed by atoms with Gasteiger partial charge in [0.25, 0.3) is 11.5 Å². The van der Waals surface area contributed by atoms with Crippen LogP contribution >= 0.6 is 0 Å². The molecule has 6 heteroatoms. The van der Waals surface area contributed by atoms with Crippen molar-refractivity contribution < 1.29 is 14.3 Å². The lowest BCUT2D eigenvalue weighted by molar-refractivity contribution is 0.0602. The highest BCUT2D eigenvalue weighted by Gasteiger charge is 2.15. The number of esters is 1. The largest absolute Gasteiger partial charge is 0.465 e. The third kappa shape index (κ3) is 4.60. The molecule has 2 aromatic carbocycles. The van der Waals surface area contributed by atoms with Gasteiger partial charge in [-0.25, -0.2) is 4.79 Å². The SMILES string of the molecule is COC(=O)c1ccccc1NC(=O)c1ccc(=O)n(Cc2cc(C)ccc2C)c1. The molecule has 0 atom stereocenters. The van der Waals surface area contributed by atoms with Crippen molar-refractivity contribution in [3.05, 3.63) is 99.0 Å². The molecule has 3 aromatic rings. The maximum Gasteiger partial charge on any atom is 0.339 e. The van der Waals surface area contributed by atoms with Crippen molar-refractivity contribution >= 4 is 17.6 Å². The quantitative estimate of drug-likeness (QED) is 0.676. The van der Waals surface area contributed by atoms with Gasteiger partial charge in [-0.15, -0.1) is 0 Å². The van der Waals surface area contributed by atoms with Crippen molar-refractivity contribution in [2.45, 2.75) is 20.4 Å². The first-order chi connectivity index (χ1) is 13.9. The second-order valence-electron chi connectivity index (χ2n) is 6.81. The predicted octanol–water partition coefficient (Wildman–Crippen LogP) is 3.55. The Balaban J connectivity index is 1.88. The van der Waals surface area contributed by atoms with Gasteiger partial charge in [0.15, 0.2) is 0 Å². The Bertz CT molecular complexity index is 1130. The van der Waals surface area contributed by atoms with Crippen LogP contribution in [0.2, 0.25) is 0 Å². The second-order valence-corrected chi connectivity index (χ2v) is 6.81. The zero-order chi connectivity index (χ0) is 21.0. The summed E-state index contributed by atoms with van der Waals surface area (Å²) in [5.74, 6) is -0.961. The number of anilines is 1. The number of benzene rings is 2. The molecule has 6 nitrogen and oxygen atoms in total. The number of carbonyl (C=O) groups is 2. The van der Waals surface area contributed by atoms with Gasteiger partial charge in [0.05, 0.1) is 30.5 Å². The number of rotatable bonds is 5. The van der Waals surface area contributed by atoms with Gasteiger partial charge in [-0.3, -0.25) is 9.59 Å². The molecule has 148 valence electrons. The van der Waals surface area contributed by atoms with E-state index in [0.29, 0.717) is 17.8 Å². The number of para-hydroxylation sites is 1. The monoisotopic (exact) mass is 390 g/mol. The van der Waals surface area contributed by atoms with Gasteiger partial charge < -0.3 is 14.6 Å². The number of hydrogen-bond donors (Lipinski definition) is 1. The summed E-state index contributed by atoms with van der Waals surface area (Å²) in [6.45, 7) is 4.35. The number of aryl methyl sites for hydroxylation is 2. The van der Waals surface area contributed by atoms with Gasteiger partial charge in [0, 0.05) is 12.3 Å². The fraction of sp³-hybridized carbons (Fsp3) is 0.174. The number of amides is 1. The summed E-state index contributed by atoms with van der Waals surface area (Å²) < 4.78 is 6.25. The average molecular weight is 390 g/mol. The van der Waals surface area contributed by atoms with Crippen LogP contribution in [-0.4, -0.2) is 23.6 Å². The van der Waals surface area contributed by atoms with Gasteiger partial charge in [0.1, 0.15) is 0 Å². The molecule has 1 amide bonds. The summed E-state index contributed by atoms with van der Waals surface area (Å²) in [7, 11) is 1.28. The standard InChI is InChI=1S/C23H22N2O4/c1-15-8-9-16(2)18(12-15)14-25-13-17(10-11-21(25)26)22(27)24-20-7-5-4-6-19(20)23(28)29-3/h4-13H,14H2,1-3H3,(H,24,27). The molecule has 29 heavy (non-hydrogen) atoms. The van der Waals surface area contributed by atoms with E-state index in [1.807, 2.05) is 32.0 Å². The third-order valence-electron chi connectivity index (χ3n) is 4.67. The van der Waals surface area contributed by atoms with Crippen molar-refractivity contribution in [1.82, 2.24) is 4.57 Å². The van der Waals surface area contributed by atoms with Crippen LogP contribution in [0.15, 0.2) is 65.6 Å². The van der Waals surface area contributed by atoms with Crippen molar-refractivity contribution in [3.63, 3.8) is 0 Å². The molecule has 0 radical (unpaired) electrons. The highest BCUT2D eigenvalue weighted by molar-refractivity contribution is 6.07. The first kappa shape index (κ1) is 20.1. The van der Waals surface area contributed by atoms with E-state index in [1.165, 1.54) is 30.0 Å². The van der Waals surface area contributed by atoms with Gasteiger partial charge in [-0.1, -0.05) is 35.9 Å². The summed E-state index contributed by atoms with van der Waals surface area (Å²) in [6, 6.07) is 15.5. The highest BCUT2D eigenvalue weighted by atomic mass is 16.5. The lowest BCUT2D eigenvalue weighted by atomic mass is 10.1. The molecule has 0 aliphatic carbocycles. The van der Waals surface area contributed by atoms with E-state index in [9.17, 15) is 14.4 Å². The number of carbonyl (C=O) groups excluding carboxylic acids is 2. The summed E-state index contributed by atoms with van der Waals surface area (Å²) in [5.41, 5.74) is 3.91. The van der Waals surface area contributed by atoms with Crippen LogP contribution in [-0.2, 0) is 11.3 Å². The van der Waals surface area contributed by atoms with E-state index in [2.05, 4.69) is 5.32 Å². The Morgan fingerprint density at radius 1 is 1.03 bits per heavy atom. The fourth-order valence-electron chi connectivity index (χ4n) is 3.02. The molecule has 0 saturated heterocycles. The van der Waals surface area contributed by atoms with Crippen molar-refractivity contribution in [2.75, 3.05) is 12.4 Å². The lowest BCUT2D eigenvalue weighted by Crippen LogP contribution is -2.23. The van der Waals surface area contributed by atoms with Crippen molar-refractivity contribution in [2.24, 2.45) is 0 Å². The minimum absolute atomic E-state index is 0.197. The minimum Gasteiger partial charge on any atom is -0.465 e. The van der Waals surface area contributed by atoms with E-state index in [-0.39, 0.29) is 11.1 Å². The van der Waals surface area contributed by atoms with Crippen LogP contribution in [0.1, 0.15) is 37.4 Å². The molecule has 0 unspecified atom stereocenters. The maximum atomic E-state index is 12.7. The normalized spacial score (nSPS) is 10.4. The maximum absolute atomic E-state index is 12.7. The minimum atomic E-state index is -0.541. The van der Waals surface area contributed by atoms with Gasteiger partial charge in [0.2, 0.25) is 0 Å². The molecule has 0 saturated carbocycles. The number of nitrogens with one attached hydrogen (secondary N) is 1. The Kier molecular flexibility index (Phi) is 5.93. The number of aromatic nitrogens is 1. The highest BCUT2D eigenvalue weighted by Crippen LogP contribution is 2.17. The molecular weight excluding hydrogens is 368 g/mol. The van der Waals surface area contributed by atoms with Crippen LogP contribution < -0.4 is 10.9 Å². The van der Waals surface area contributed by atoms with Crippen LogP contribution in [0.25, 0.3) is 0 Å². The Labute approximate surface area is 168 Å². The summed E-state index contributed by atoms with van der Waals surface area (Å²) in [6.07, 6.45) is 1.53. The molecule has 1 aromatic heterocycles. The summed E-state index contributed by atoms with van der Waals surface area (Å²) >= 11 is 0. The number of methoxy groups -OCH3 is 1. The Hall–Kier alpha value is -3.67. The molecule has 0 aliphatic rings. The second kappa shape index (κ2) is 8.56. The average Bonchev–Trinajstić information content (AvgIpc) is 2.72. The van der Waals surface area contributed by atoms with E-state index in [4.69, 9.17) is 4.74 Å². The number of pyridine rings is 1. The third-order valence-corrected chi connectivity index (χ3v) is 4.67. The van der Waals surface area contributed by atoms with Gasteiger partial charge in [-0.2, -0.15) is 0 Å². The van der Waals surface area contributed by atoms with Crippen molar-refractivity contribution in [1.29, 1.82) is 0 Å². The lowest BCUT2D eigenvalue weighted by Gasteiger charge is -2.12. The topological polar surface area (TPSA) is 77.4 Å². The van der Waals surface area contributed by atoms with Crippen LogP contribution in [0, 0.1) is 13.8 Å².